The van der Waals surface area contributed by atoms with Crippen molar-refractivity contribution in [1.29, 1.82) is 5.26 Å². The van der Waals surface area contributed by atoms with Gasteiger partial charge >= 0.3 is 0 Å². The molecule has 0 unspecified atom stereocenters. The van der Waals surface area contributed by atoms with Crippen LogP contribution in [0.3, 0.4) is 0 Å². The molecule has 0 aliphatic carbocycles. The lowest BCUT2D eigenvalue weighted by Crippen LogP contribution is -2.01. The number of benzene rings is 1. The van der Waals surface area contributed by atoms with Crippen molar-refractivity contribution >= 4 is 17.0 Å². The number of nitrogens with one attached hydrogen (secondary N) is 1. The maximum absolute atomic E-state index is 12.9. The molecular formula is C12H10FN3S. The molecule has 2 rings (SSSR count). The lowest BCUT2D eigenvalue weighted by Gasteiger charge is -2.06. The highest BCUT2D eigenvalue weighted by molar-refractivity contribution is 7.09. The summed E-state index contributed by atoms with van der Waals surface area (Å²) in [5, 5.41) is 14.9. The summed E-state index contributed by atoms with van der Waals surface area (Å²) in [5.41, 5.74) is 1.91. The second-order valence-corrected chi connectivity index (χ2v) is 4.48. The van der Waals surface area contributed by atoms with E-state index in [2.05, 4.69) is 10.3 Å². The van der Waals surface area contributed by atoms with E-state index < -0.39 is 5.82 Å². The van der Waals surface area contributed by atoms with Gasteiger partial charge in [0, 0.05) is 11.1 Å². The molecule has 86 valence electrons. The predicted molar refractivity (Wildman–Crippen MR) is 65.3 cm³/mol. The fourth-order valence-electron chi connectivity index (χ4n) is 1.42. The van der Waals surface area contributed by atoms with Gasteiger partial charge in [0.15, 0.2) is 0 Å². The quantitative estimate of drug-likeness (QED) is 0.906. The first kappa shape index (κ1) is 11.6. The van der Waals surface area contributed by atoms with E-state index in [0.29, 0.717) is 17.8 Å². The van der Waals surface area contributed by atoms with Crippen molar-refractivity contribution in [3.05, 3.63) is 45.7 Å². The van der Waals surface area contributed by atoms with Crippen LogP contribution in [0.15, 0.2) is 23.6 Å². The number of anilines is 1. The number of hydrogen-bond acceptors (Lipinski definition) is 4. The van der Waals surface area contributed by atoms with Crippen molar-refractivity contribution in [3.63, 3.8) is 0 Å². The largest absolute Gasteiger partial charge is 0.377 e. The summed E-state index contributed by atoms with van der Waals surface area (Å²) in [4.78, 5) is 4.30. The number of thiazole rings is 1. The lowest BCUT2D eigenvalue weighted by atomic mass is 10.2. The first-order valence-electron chi connectivity index (χ1n) is 5.03. The molecule has 0 fully saturated rings. The summed E-state index contributed by atoms with van der Waals surface area (Å²) in [7, 11) is 0. The zero-order chi connectivity index (χ0) is 12.3. The topological polar surface area (TPSA) is 48.7 Å². The minimum Gasteiger partial charge on any atom is -0.377 e. The Kier molecular flexibility index (Phi) is 3.35. The van der Waals surface area contributed by atoms with Crippen molar-refractivity contribution < 1.29 is 4.39 Å². The van der Waals surface area contributed by atoms with Gasteiger partial charge in [-0.2, -0.15) is 5.26 Å². The van der Waals surface area contributed by atoms with Crippen molar-refractivity contribution in [2.24, 2.45) is 0 Å². The molecule has 1 N–H and O–H groups in total. The zero-order valence-electron chi connectivity index (χ0n) is 9.20. The van der Waals surface area contributed by atoms with Crippen LogP contribution in [0.1, 0.15) is 16.3 Å². The first-order chi connectivity index (χ1) is 8.19. The predicted octanol–water partition coefficient (Wildman–Crippen LogP) is 3.07. The third-order valence-electron chi connectivity index (χ3n) is 2.20. The Morgan fingerprint density at radius 3 is 3.00 bits per heavy atom. The molecule has 3 nitrogen and oxygen atoms in total. The van der Waals surface area contributed by atoms with E-state index in [0.717, 1.165) is 10.7 Å². The molecule has 0 amide bonds. The molecule has 1 heterocycles. The van der Waals surface area contributed by atoms with E-state index >= 15 is 0 Å². The van der Waals surface area contributed by atoms with Crippen molar-refractivity contribution in [1.82, 2.24) is 4.98 Å². The number of aryl methyl sites for hydroxylation is 1. The van der Waals surface area contributed by atoms with Gasteiger partial charge in [0.1, 0.15) is 16.9 Å². The molecular weight excluding hydrogens is 237 g/mol. The lowest BCUT2D eigenvalue weighted by molar-refractivity contribution is 0.627. The molecule has 0 aliphatic rings. The van der Waals surface area contributed by atoms with Gasteiger partial charge in [0.2, 0.25) is 0 Å². The molecule has 0 spiro atoms. The molecule has 1 aromatic carbocycles. The van der Waals surface area contributed by atoms with Crippen molar-refractivity contribution in [3.8, 4) is 6.07 Å². The van der Waals surface area contributed by atoms with Gasteiger partial charge in [-0.05, 0) is 25.1 Å². The Morgan fingerprint density at radius 2 is 2.35 bits per heavy atom. The zero-order valence-corrected chi connectivity index (χ0v) is 10.0. The summed E-state index contributed by atoms with van der Waals surface area (Å²) in [5.74, 6) is -0.405. The van der Waals surface area contributed by atoms with Crippen LogP contribution in [0, 0.1) is 24.1 Å². The summed E-state index contributed by atoms with van der Waals surface area (Å²) in [6, 6.07) is 6.07. The fraction of sp³-hybridized carbons (Fsp3) is 0.167. The molecule has 1 aromatic heterocycles. The van der Waals surface area contributed by atoms with Gasteiger partial charge in [0.05, 0.1) is 17.8 Å². The van der Waals surface area contributed by atoms with Crippen molar-refractivity contribution in [2.45, 2.75) is 13.5 Å². The van der Waals surface area contributed by atoms with Gasteiger partial charge in [-0.3, -0.25) is 0 Å². The second-order valence-electron chi connectivity index (χ2n) is 3.54. The highest BCUT2D eigenvalue weighted by atomic mass is 32.1. The van der Waals surface area contributed by atoms with E-state index in [4.69, 9.17) is 5.26 Å². The number of halogens is 1. The van der Waals surface area contributed by atoms with Crippen LogP contribution in [0.2, 0.25) is 0 Å². The maximum atomic E-state index is 12.9. The maximum Gasteiger partial charge on any atom is 0.124 e. The average molecular weight is 247 g/mol. The number of nitrogens with zero attached hydrogens (tertiary/aromatic N) is 2. The Balaban J connectivity index is 2.12. The van der Waals surface area contributed by atoms with Crippen LogP contribution < -0.4 is 5.32 Å². The van der Waals surface area contributed by atoms with Crippen LogP contribution in [0.4, 0.5) is 10.1 Å². The van der Waals surface area contributed by atoms with Gasteiger partial charge in [-0.1, -0.05) is 0 Å². The molecule has 0 radical (unpaired) electrons. The van der Waals surface area contributed by atoms with E-state index in [1.54, 1.807) is 17.4 Å². The third-order valence-corrected chi connectivity index (χ3v) is 3.17. The van der Waals surface area contributed by atoms with E-state index in [1.807, 2.05) is 18.4 Å². The Bertz CT molecular complexity index is 571. The van der Waals surface area contributed by atoms with E-state index in [9.17, 15) is 4.39 Å². The van der Waals surface area contributed by atoms with Crippen LogP contribution in [0.25, 0.3) is 0 Å². The number of nitriles is 1. The average Bonchev–Trinajstić information content (AvgIpc) is 2.73. The standard InChI is InChI=1S/C12H10FN3S/c1-8-7-17-12(16-8)6-15-11-3-2-10(13)4-9(11)5-14/h2-4,7,15H,6H2,1H3. The number of aromatic nitrogens is 1. The molecule has 0 bridgehead atoms. The summed E-state index contributed by atoms with van der Waals surface area (Å²) < 4.78 is 12.9. The van der Waals surface area contributed by atoms with E-state index in [-0.39, 0.29) is 0 Å². The van der Waals surface area contributed by atoms with Crippen LogP contribution in [-0.4, -0.2) is 4.98 Å². The molecule has 17 heavy (non-hydrogen) atoms. The van der Waals surface area contributed by atoms with Crippen LogP contribution in [0.5, 0.6) is 0 Å². The van der Waals surface area contributed by atoms with E-state index in [1.165, 1.54) is 12.1 Å². The van der Waals surface area contributed by atoms with Gasteiger partial charge in [0.25, 0.3) is 0 Å². The van der Waals surface area contributed by atoms with Gasteiger partial charge < -0.3 is 5.32 Å². The Labute approximate surface area is 103 Å². The molecule has 0 saturated carbocycles. The van der Waals surface area contributed by atoms with Gasteiger partial charge in [-0.15, -0.1) is 11.3 Å². The number of hydrogen-bond donors (Lipinski definition) is 1. The minimum atomic E-state index is -0.405. The fourth-order valence-corrected chi connectivity index (χ4v) is 2.13. The van der Waals surface area contributed by atoms with Crippen LogP contribution in [-0.2, 0) is 6.54 Å². The first-order valence-corrected chi connectivity index (χ1v) is 5.91. The summed E-state index contributed by atoms with van der Waals surface area (Å²) >= 11 is 1.55. The second kappa shape index (κ2) is 4.93. The SMILES string of the molecule is Cc1csc(CNc2ccc(F)cc2C#N)n1. The van der Waals surface area contributed by atoms with Crippen molar-refractivity contribution in [2.75, 3.05) is 5.32 Å². The van der Waals surface area contributed by atoms with Crippen LogP contribution >= 0.6 is 11.3 Å². The molecule has 5 heteroatoms. The normalized spacial score (nSPS) is 9.94. The monoisotopic (exact) mass is 247 g/mol. The summed E-state index contributed by atoms with van der Waals surface area (Å²) in [6.07, 6.45) is 0. The highest BCUT2D eigenvalue weighted by Gasteiger charge is 2.04. The van der Waals surface area contributed by atoms with Gasteiger partial charge in [-0.25, -0.2) is 9.37 Å². The molecule has 0 aliphatic heterocycles. The molecule has 0 atom stereocenters. The molecule has 2 aromatic rings. The smallest absolute Gasteiger partial charge is 0.124 e. The Hall–Kier alpha value is -1.93. The Morgan fingerprint density at radius 1 is 1.53 bits per heavy atom. The number of rotatable bonds is 3. The third kappa shape index (κ3) is 2.80. The highest BCUT2D eigenvalue weighted by Crippen LogP contribution is 2.18. The molecule has 0 saturated heterocycles. The summed E-state index contributed by atoms with van der Waals surface area (Å²) in [6.45, 7) is 2.47. The minimum absolute atomic E-state index is 0.304.